The van der Waals surface area contributed by atoms with E-state index in [1.165, 1.54) is 0 Å². The summed E-state index contributed by atoms with van der Waals surface area (Å²) in [5.41, 5.74) is -0.808. The van der Waals surface area contributed by atoms with E-state index in [-0.39, 0.29) is 3.57 Å². The Morgan fingerprint density at radius 2 is 2.12 bits per heavy atom. The van der Waals surface area contributed by atoms with E-state index in [0.29, 0.717) is 0 Å². The van der Waals surface area contributed by atoms with Crippen molar-refractivity contribution < 1.29 is 21.9 Å². The summed E-state index contributed by atoms with van der Waals surface area (Å²) in [6.07, 6.45) is -1.93. The third-order valence-electron chi connectivity index (χ3n) is 1.68. The second-order valence-electron chi connectivity index (χ2n) is 2.70. The average Bonchev–Trinajstić information content (AvgIpc) is 2.15. The molecule has 0 spiro atoms. The lowest BCUT2D eigenvalue weighted by atomic mass is 10.3. The second kappa shape index (κ2) is 4.75. The van der Waals surface area contributed by atoms with Crippen molar-refractivity contribution in [2.24, 2.45) is 5.14 Å². The van der Waals surface area contributed by atoms with Gasteiger partial charge in [0.25, 0.3) is 6.43 Å². The molecule has 0 bridgehead atoms. The first-order chi connectivity index (χ1) is 7.29. The molecular weight excluding hydrogens is 357 g/mol. The molecule has 0 unspecified atom stereocenters. The SMILES string of the molecule is COc1ncc(I)c(S(N)(=O)=O)c1C(F)F. The first-order valence-electron chi connectivity index (χ1n) is 3.82. The highest BCUT2D eigenvalue weighted by molar-refractivity contribution is 14.1. The van der Waals surface area contributed by atoms with Crippen LogP contribution in [0.15, 0.2) is 11.1 Å². The first kappa shape index (κ1) is 13.5. The van der Waals surface area contributed by atoms with Crippen molar-refractivity contribution in [2.45, 2.75) is 11.3 Å². The molecule has 1 rings (SSSR count). The number of ether oxygens (including phenoxy) is 1. The molecule has 0 atom stereocenters. The maximum absolute atomic E-state index is 12.7. The largest absolute Gasteiger partial charge is 0.481 e. The highest BCUT2D eigenvalue weighted by atomic mass is 127. The van der Waals surface area contributed by atoms with Crippen LogP contribution in [0, 0.1) is 3.57 Å². The van der Waals surface area contributed by atoms with Crippen LogP contribution < -0.4 is 9.88 Å². The zero-order chi connectivity index (χ0) is 12.5. The molecule has 0 aliphatic heterocycles. The summed E-state index contributed by atoms with van der Waals surface area (Å²) >= 11 is 1.57. The number of hydrogen-bond donors (Lipinski definition) is 1. The molecule has 1 aromatic rings. The van der Waals surface area contributed by atoms with Gasteiger partial charge in [-0.25, -0.2) is 27.3 Å². The number of primary sulfonamides is 1. The standard InChI is InChI=1S/C7H7F2IN2O3S/c1-15-7-4(6(8)9)5(16(11,13)14)3(10)2-12-7/h2,6H,1H3,(H2,11,13,14). The molecule has 90 valence electrons. The van der Waals surface area contributed by atoms with Crippen LogP contribution in [0.1, 0.15) is 12.0 Å². The van der Waals surface area contributed by atoms with Gasteiger partial charge in [-0.05, 0) is 22.6 Å². The minimum absolute atomic E-state index is 0.0243. The van der Waals surface area contributed by atoms with Gasteiger partial charge in [0.1, 0.15) is 10.5 Å². The van der Waals surface area contributed by atoms with Crippen LogP contribution in [0.4, 0.5) is 8.78 Å². The van der Waals surface area contributed by atoms with Gasteiger partial charge in [0, 0.05) is 6.20 Å². The lowest BCUT2D eigenvalue weighted by molar-refractivity contribution is 0.142. The van der Waals surface area contributed by atoms with Gasteiger partial charge in [0.15, 0.2) is 0 Å². The highest BCUT2D eigenvalue weighted by Crippen LogP contribution is 2.35. The lowest BCUT2D eigenvalue weighted by Crippen LogP contribution is -2.17. The summed E-state index contributed by atoms with van der Waals surface area (Å²) in [6.45, 7) is 0. The molecule has 0 aromatic carbocycles. The van der Waals surface area contributed by atoms with Gasteiger partial charge in [-0.1, -0.05) is 0 Å². The molecular formula is C7H7F2IN2O3S. The fraction of sp³-hybridized carbons (Fsp3) is 0.286. The summed E-state index contributed by atoms with van der Waals surface area (Å²) in [4.78, 5) is 2.92. The molecule has 2 N–H and O–H groups in total. The minimum Gasteiger partial charge on any atom is -0.481 e. The normalized spacial score (nSPS) is 11.9. The Morgan fingerprint density at radius 3 is 2.50 bits per heavy atom. The van der Waals surface area contributed by atoms with Crippen LogP contribution in [0.3, 0.4) is 0 Å². The number of halogens is 3. The van der Waals surface area contributed by atoms with Gasteiger partial charge in [0.05, 0.1) is 10.7 Å². The Bertz CT molecular complexity index is 507. The van der Waals surface area contributed by atoms with Crippen molar-refractivity contribution in [3.63, 3.8) is 0 Å². The van der Waals surface area contributed by atoms with Crippen LogP contribution in [-0.2, 0) is 10.0 Å². The van der Waals surface area contributed by atoms with Gasteiger partial charge in [-0.15, -0.1) is 0 Å². The smallest absolute Gasteiger partial charge is 0.270 e. The average molecular weight is 364 g/mol. The zero-order valence-corrected chi connectivity index (χ0v) is 10.9. The van der Waals surface area contributed by atoms with Crippen molar-refractivity contribution in [3.05, 3.63) is 15.3 Å². The van der Waals surface area contributed by atoms with E-state index in [2.05, 4.69) is 9.72 Å². The van der Waals surface area contributed by atoms with E-state index in [4.69, 9.17) is 5.14 Å². The molecule has 0 saturated heterocycles. The lowest BCUT2D eigenvalue weighted by Gasteiger charge is -2.12. The Morgan fingerprint density at radius 1 is 1.56 bits per heavy atom. The number of aromatic nitrogens is 1. The maximum atomic E-state index is 12.7. The number of methoxy groups -OCH3 is 1. The second-order valence-corrected chi connectivity index (χ2v) is 5.36. The molecule has 9 heteroatoms. The molecule has 1 heterocycles. The fourth-order valence-electron chi connectivity index (χ4n) is 1.11. The summed E-state index contributed by atoms with van der Waals surface area (Å²) in [7, 11) is -3.13. The Kier molecular flexibility index (Phi) is 4.02. The number of rotatable bonds is 3. The number of nitrogens with two attached hydrogens (primary N) is 1. The summed E-state index contributed by atoms with van der Waals surface area (Å²) in [6, 6.07) is 0. The highest BCUT2D eigenvalue weighted by Gasteiger charge is 2.28. The summed E-state index contributed by atoms with van der Waals surface area (Å²) < 4.78 is 52.5. The van der Waals surface area contributed by atoms with Crippen LogP contribution >= 0.6 is 22.6 Å². The van der Waals surface area contributed by atoms with E-state index in [9.17, 15) is 17.2 Å². The Hall–Kier alpha value is -0.550. The molecule has 0 saturated carbocycles. The Labute approximate surface area is 104 Å². The van der Waals surface area contributed by atoms with E-state index in [1.54, 1.807) is 22.6 Å². The number of pyridine rings is 1. The predicted molar refractivity (Wildman–Crippen MR) is 59.8 cm³/mol. The van der Waals surface area contributed by atoms with Gasteiger partial charge in [-0.2, -0.15) is 0 Å². The van der Waals surface area contributed by atoms with E-state index in [1.807, 2.05) is 0 Å². The van der Waals surface area contributed by atoms with Crippen molar-refractivity contribution in [3.8, 4) is 5.88 Å². The van der Waals surface area contributed by atoms with E-state index < -0.39 is 32.8 Å². The van der Waals surface area contributed by atoms with Gasteiger partial charge in [-0.3, -0.25) is 0 Å². The molecule has 0 aliphatic carbocycles. The number of hydrogen-bond acceptors (Lipinski definition) is 4. The van der Waals surface area contributed by atoms with Crippen molar-refractivity contribution in [1.29, 1.82) is 0 Å². The van der Waals surface area contributed by atoms with E-state index >= 15 is 0 Å². The van der Waals surface area contributed by atoms with Crippen molar-refractivity contribution >= 4 is 32.6 Å². The van der Waals surface area contributed by atoms with Crippen molar-refractivity contribution in [2.75, 3.05) is 7.11 Å². The number of alkyl halides is 2. The third-order valence-corrected chi connectivity index (χ3v) is 3.88. The molecule has 0 amide bonds. The fourth-order valence-corrected chi connectivity index (χ4v) is 3.27. The van der Waals surface area contributed by atoms with Crippen LogP contribution in [0.5, 0.6) is 5.88 Å². The minimum atomic E-state index is -4.25. The molecule has 0 radical (unpaired) electrons. The molecule has 0 fully saturated rings. The first-order valence-corrected chi connectivity index (χ1v) is 6.45. The van der Waals surface area contributed by atoms with Crippen LogP contribution in [0.2, 0.25) is 0 Å². The quantitative estimate of drug-likeness (QED) is 0.820. The monoisotopic (exact) mass is 364 g/mol. The summed E-state index contributed by atoms with van der Waals surface area (Å²) in [5, 5.41) is 4.87. The van der Waals surface area contributed by atoms with Gasteiger partial charge in [0.2, 0.25) is 15.9 Å². The molecule has 16 heavy (non-hydrogen) atoms. The molecule has 0 aliphatic rings. The van der Waals surface area contributed by atoms with Crippen LogP contribution in [-0.4, -0.2) is 20.5 Å². The maximum Gasteiger partial charge on any atom is 0.270 e. The third kappa shape index (κ3) is 2.58. The summed E-state index contributed by atoms with van der Waals surface area (Å²) in [5.74, 6) is -0.445. The van der Waals surface area contributed by atoms with E-state index in [0.717, 1.165) is 13.3 Å². The Balaban J connectivity index is 3.69. The zero-order valence-electron chi connectivity index (χ0n) is 7.95. The number of sulfonamides is 1. The van der Waals surface area contributed by atoms with Gasteiger partial charge < -0.3 is 4.74 Å². The van der Waals surface area contributed by atoms with Crippen LogP contribution in [0.25, 0.3) is 0 Å². The van der Waals surface area contributed by atoms with Crippen molar-refractivity contribution in [1.82, 2.24) is 4.98 Å². The topological polar surface area (TPSA) is 82.3 Å². The molecule has 5 nitrogen and oxygen atoms in total. The molecule has 1 aromatic heterocycles. The number of nitrogens with zero attached hydrogens (tertiary/aromatic N) is 1. The predicted octanol–water partition coefficient (Wildman–Crippen LogP) is 1.28. The van der Waals surface area contributed by atoms with Gasteiger partial charge >= 0.3 is 0 Å².